The number of rotatable bonds is 4. The summed E-state index contributed by atoms with van der Waals surface area (Å²) in [5, 5.41) is 5.23. The number of aromatic nitrogens is 2. The largest absolute Gasteiger partial charge is 0.360 e. The number of hydrogen-bond acceptors (Lipinski definition) is 3. The average molecular weight is 340 g/mol. The molecule has 2 aromatic carbocycles. The number of aromatic amines is 1. The van der Waals surface area contributed by atoms with Crippen LogP contribution in [0.5, 0.6) is 0 Å². The quantitative estimate of drug-likeness (QED) is 0.439. The monoisotopic (exact) mass is 340 g/mol. The van der Waals surface area contributed by atoms with E-state index in [-0.39, 0.29) is 5.91 Å². The van der Waals surface area contributed by atoms with E-state index in [1.54, 1.807) is 12.4 Å². The third-order valence-electron chi connectivity index (χ3n) is 4.06. The number of benzene rings is 2. The highest BCUT2D eigenvalue weighted by Crippen LogP contribution is 2.17. The van der Waals surface area contributed by atoms with Gasteiger partial charge >= 0.3 is 0 Å². The molecule has 0 saturated heterocycles. The van der Waals surface area contributed by atoms with Crippen LogP contribution in [-0.4, -0.2) is 21.6 Å². The van der Waals surface area contributed by atoms with Crippen molar-refractivity contribution in [2.24, 2.45) is 5.10 Å². The smallest absolute Gasteiger partial charge is 0.273 e. The molecule has 0 saturated carbocycles. The lowest BCUT2D eigenvalue weighted by Crippen LogP contribution is -2.20. The van der Waals surface area contributed by atoms with Crippen molar-refractivity contribution in [3.8, 4) is 0 Å². The molecular weight excluding hydrogens is 324 g/mol. The van der Waals surface area contributed by atoms with Crippen molar-refractivity contribution < 1.29 is 4.79 Å². The first-order chi connectivity index (χ1) is 12.8. The van der Waals surface area contributed by atoms with Crippen LogP contribution in [0.15, 0.2) is 90.3 Å². The van der Waals surface area contributed by atoms with Gasteiger partial charge in [-0.05, 0) is 18.2 Å². The zero-order valence-corrected chi connectivity index (χ0v) is 13.9. The summed E-state index contributed by atoms with van der Waals surface area (Å²) in [6.45, 7) is 0. The van der Waals surface area contributed by atoms with Crippen molar-refractivity contribution in [3.05, 3.63) is 102 Å². The van der Waals surface area contributed by atoms with Crippen LogP contribution in [0.1, 0.15) is 21.6 Å². The molecule has 4 aromatic rings. The standard InChI is InChI=1S/C21H16N4O/c26-21(17-14-23-18-11-5-4-10-16(17)18)25-24-20(15-8-2-1-3-9-15)19-12-6-7-13-22-19/h1-14,23H,(H,25,26)/b24-20+. The number of nitrogens with zero attached hydrogens (tertiary/aromatic N) is 2. The number of pyridine rings is 1. The summed E-state index contributed by atoms with van der Waals surface area (Å²) in [5.74, 6) is -0.271. The number of carbonyl (C=O) groups is 1. The Bertz CT molecular complexity index is 1030. The molecule has 4 rings (SSSR count). The van der Waals surface area contributed by atoms with Crippen LogP contribution in [0, 0.1) is 0 Å². The van der Waals surface area contributed by atoms with Crippen molar-refractivity contribution in [1.82, 2.24) is 15.4 Å². The summed E-state index contributed by atoms with van der Waals surface area (Å²) in [6, 6.07) is 22.9. The van der Waals surface area contributed by atoms with Gasteiger partial charge in [-0.3, -0.25) is 9.78 Å². The Morgan fingerprint density at radius 2 is 1.69 bits per heavy atom. The highest BCUT2D eigenvalue weighted by Gasteiger charge is 2.13. The lowest BCUT2D eigenvalue weighted by Gasteiger charge is -2.07. The lowest BCUT2D eigenvalue weighted by atomic mass is 10.1. The molecule has 0 spiro atoms. The van der Waals surface area contributed by atoms with Crippen LogP contribution in [0.4, 0.5) is 0 Å². The van der Waals surface area contributed by atoms with Gasteiger partial charge in [0, 0.05) is 28.9 Å². The second-order valence-electron chi connectivity index (χ2n) is 5.73. The predicted octanol–water partition coefficient (Wildman–Crippen LogP) is 3.75. The van der Waals surface area contributed by atoms with Crippen molar-refractivity contribution >= 4 is 22.5 Å². The van der Waals surface area contributed by atoms with Crippen molar-refractivity contribution in [2.45, 2.75) is 0 Å². The van der Waals surface area contributed by atoms with E-state index in [9.17, 15) is 4.79 Å². The average Bonchev–Trinajstić information content (AvgIpc) is 3.14. The molecule has 0 aliphatic heterocycles. The highest BCUT2D eigenvalue weighted by atomic mass is 16.2. The first kappa shape index (κ1) is 15.8. The second kappa shape index (κ2) is 7.03. The van der Waals surface area contributed by atoms with E-state index in [0.29, 0.717) is 17.0 Å². The number of H-pyrrole nitrogens is 1. The van der Waals surface area contributed by atoms with Gasteiger partial charge in [0.1, 0.15) is 5.71 Å². The molecule has 0 bridgehead atoms. The summed E-state index contributed by atoms with van der Waals surface area (Å²) in [4.78, 5) is 20.1. The topological polar surface area (TPSA) is 70.1 Å². The van der Waals surface area contributed by atoms with Gasteiger partial charge in [-0.1, -0.05) is 54.6 Å². The van der Waals surface area contributed by atoms with Crippen LogP contribution in [0.25, 0.3) is 10.9 Å². The first-order valence-electron chi connectivity index (χ1n) is 8.24. The van der Waals surface area contributed by atoms with Crippen LogP contribution in [0.2, 0.25) is 0 Å². The fourth-order valence-electron chi connectivity index (χ4n) is 2.79. The molecule has 2 N–H and O–H groups in total. The van der Waals surface area contributed by atoms with E-state index in [1.165, 1.54) is 0 Å². The van der Waals surface area contributed by atoms with Crippen molar-refractivity contribution in [3.63, 3.8) is 0 Å². The first-order valence-corrected chi connectivity index (χ1v) is 8.24. The summed E-state index contributed by atoms with van der Waals surface area (Å²) >= 11 is 0. The second-order valence-corrected chi connectivity index (χ2v) is 5.73. The van der Waals surface area contributed by atoms with Gasteiger partial charge in [0.2, 0.25) is 0 Å². The molecule has 0 atom stereocenters. The van der Waals surface area contributed by atoms with E-state index in [2.05, 4.69) is 20.5 Å². The number of amides is 1. The minimum atomic E-state index is -0.271. The molecule has 126 valence electrons. The molecule has 5 nitrogen and oxygen atoms in total. The van der Waals surface area contributed by atoms with E-state index >= 15 is 0 Å². The minimum absolute atomic E-state index is 0.271. The number of para-hydroxylation sites is 1. The normalized spacial score (nSPS) is 11.5. The van der Waals surface area contributed by atoms with E-state index in [0.717, 1.165) is 16.5 Å². The summed E-state index contributed by atoms with van der Waals surface area (Å²) in [6.07, 6.45) is 3.40. The third kappa shape index (κ3) is 3.10. The molecule has 26 heavy (non-hydrogen) atoms. The molecule has 0 aliphatic rings. The van der Waals surface area contributed by atoms with Crippen molar-refractivity contribution in [2.75, 3.05) is 0 Å². The van der Waals surface area contributed by atoms with E-state index < -0.39 is 0 Å². The Labute approximate surface area is 150 Å². The molecule has 2 heterocycles. The molecule has 2 aromatic heterocycles. The van der Waals surface area contributed by atoms with Gasteiger partial charge in [0.25, 0.3) is 5.91 Å². The van der Waals surface area contributed by atoms with Gasteiger partial charge in [0.05, 0.1) is 11.3 Å². The Hall–Kier alpha value is -3.73. The maximum absolute atomic E-state index is 12.6. The number of fused-ring (bicyclic) bond motifs is 1. The predicted molar refractivity (Wildman–Crippen MR) is 102 cm³/mol. The maximum atomic E-state index is 12.6. The molecule has 0 radical (unpaired) electrons. The summed E-state index contributed by atoms with van der Waals surface area (Å²) in [5.41, 5.74) is 6.31. The van der Waals surface area contributed by atoms with Crippen LogP contribution in [0.3, 0.4) is 0 Å². The molecule has 0 unspecified atom stereocenters. The zero-order valence-electron chi connectivity index (χ0n) is 13.9. The van der Waals surface area contributed by atoms with Gasteiger partial charge in [-0.15, -0.1) is 0 Å². The van der Waals surface area contributed by atoms with Crippen LogP contribution < -0.4 is 5.43 Å². The molecular formula is C21H16N4O. The Kier molecular flexibility index (Phi) is 4.26. The van der Waals surface area contributed by atoms with Crippen LogP contribution >= 0.6 is 0 Å². The Morgan fingerprint density at radius 3 is 2.50 bits per heavy atom. The minimum Gasteiger partial charge on any atom is -0.360 e. The number of hydrogen-bond donors (Lipinski definition) is 2. The highest BCUT2D eigenvalue weighted by molar-refractivity contribution is 6.13. The van der Waals surface area contributed by atoms with Gasteiger partial charge in [-0.2, -0.15) is 5.10 Å². The molecule has 0 aliphatic carbocycles. The molecule has 5 heteroatoms. The molecule has 0 fully saturated rings. The SMILES string of the molecule is O=C(N/N=C(\c1ccccc1)c1ccccn1)c1c[nH]c2ccccc12. The number of nitrogens with one attached hydrogen (secondary N) is 2. The zero-order chi connectivity index (χ0) is 17.8. The van der Waals surface area contributed by atoms with Gasteiger partial charge < -0.3 is 4.98 Å². The molecule has 1 amide bonds. The maximum Gasteiger partial charge on any atom is 0.273 e. The fraction of sp³-hybridized carbons (Fsp3) is 0. The van der Waals surface area contributed by atoms with E-state index in [1.807, 2.05) is 72.8 Å². The number of hydrazone groups is 1. The van der Waals surface area contributed by atoms with Crippen molar-refractivity contribution in [1.29, 1.82) is 0 Å². The van der Waals surface area contributed by atoms with E-state index in [4.69, 9.17) is 0 Å². The van der Waals surface area contributed by atoms with Crippen LogP contribution in [-0.2, 0) is 0 Å². The lowest BCUT2D eigenvalue weighted by molar-refractivity contribution is 0.0956. The fourth-order valence-corrected chi connectivity index (χ4v) is 2.79. The summed E-state index contributed by atoms with van der Waals surface area (Å²) in [7, 11) is 0. The Morgan fingerprint density at radius 1 is 0.923 bits per heavy atom. The van der Waals surface area contributed by atoms with Gasteiger partial charge in [-0.25, -0.2) is 5.43 Å². The number of carbonyl (C=O) groups excluding carboxylic acids is 1. The van der Waals surface area contributed by atoms with Gasteiger partial charge in [0.15, 0.2) is 0 Å². The third-order valence-corrected chi connectivity index (χ3v) is 4.06. The summed E-state index contributed by atoms with van der Waals surface area (Å²) < 4.78 is 0. The Balaban J connectivity index is 1.68.